The first kappa shape index (κ1) is 21.5. The topological polar surface area (TPSA) is 97.1 Å². The smallest absolute Gasteiger partial charge is 0.239 e. The number of carbonyl (C=O) groups excluding carboxylic acids is 2. The van der Waals surface area contributed by atoms with Crippen LogP contribution in [0, 0.1) is 6.92 Å². The highest BCUT2D eigenvalue weighted by Crippen LogP contribution is 2.38. The van der Waals surface area contributed by atoms with Gasteiger partial charge in [0, 0.05) is 38.7 Å². The highest BCUT2D eigenvalue weighted by molar-refractivity contribution is 6.32. The molecular weight excluding hydrogens is 424 g/mol. The molecule has 3 heterocycles. The number of nitrogens with zero attached hydrogens (tertiary/aromatic N) is 3. The van der Waals surface area contributed by atoms with Gasteiger partial charge in [0.05, 0.1) is 31.2 Å². The molecule has 1 fully saturated rings. The Morgan fingerprint density at radius 1 is 1.13 bits per heavy atom. The summed E-state index contributed by atoms with van der Waals surface area (Å²) >= 11 is 6.33. The van der Waals surface area contributed by atoms with E-state index in [4.69, 9.17) is 25.6 Å². The van der Waals surface area contributed by atoms with Gasteiger partial charge in [0.15, 0.2) is 17.3 Å². The van der Waals surface area contributed by atoms with E-state index in [1.165, 1.54) is 0 Å². The van der Waals surface area contributed by atoms with E-state index in [2.05, 4.69) is 10.5 Å². The fraction of sp³-hybridized carbons (Fsp3) is 0.476. The number of benzene rings is 1. The standard InChI is InChI=1S/C21H25ClN4O5/c1-14-9-18(24-31-14)23-19(27)13-25-3-5-26(6-4-25)20(28)12-15-10-16(22)21-17(11-15)29-7-2-8-30-21/h9-11H,2-8,12-13H2,1H3,(H,23,24,27). The number of ether oxygens (including phenoxy) is 2. The van der Waals surface area contributed by atoms with Crippen LogP contribution in [0.3, 0.4) is 0 Å². The van der Waals surface area contributed by atoms with E-state index in [0.29, 0.717) is 67.5 Å². The van der Waals surface area contributed by atoms with E-state index < -0.39 is 0 Å². The average molecular weight is 449 g/mol. The number of rotatable bonds is 5. The van der Waals surface area contributed by atoms with Gasteiger partial charge in [-0.15, -0.1) is 0 Å². The molecule has 0 unspecified atom stereocenters. The fourth-order valence-electron chi connectivity index (χ4n) is 3.64. The molecule has 1 N–H and O–H groups in total. The summed E-state index contributed by atoms with van der Waals surface area (Å²) < 4.78 is 16.3. The van der Waals surface area contributed by atoms with Crippen LogP contribution >= 0.6 is 11.6 Å². The van der Waals surface area contributed by atoms with Crippen LogP contribution in [-0.2, 0) is 16.0 Å². The normalized spacial score (nSPS) is 16.6. The van der Waals surface area contributed by atoms with Gasteiger partial charge in [-0.25, -0.2) is 0 Å². The van der Waals surface area contributed by atoms with Crippen molar-refractivity contribution in [3.63, 3.8) is 0 Å². The number of aromatic nitrogens is 1. The lowest BCUT2D eigenvalue weighted by Gasteiger charge is -2.34. The van der Waals surface area contributed by atoms with Crippen LogP contribution in [0.4, 0.5) is 5.82 Å². The van der Waals surface area contributed by atoms with Gasteiger partial charge >= 0.3 is 0 Å². The van der Waals surface area contributed by atoms with Crippen LogP contribution in [0.5, 0.6) is 11.5 Å². The van der Waals surface area contributed by atoms with Crippen molar-refractivity contribution < 1.29 is 23.6 Å². The van der Waals surface area contributed by atoms with E-state index >= 15 is 0 Å². The maximum Gasteiger partial charge on any atom is 0.239 e. The van der Waals surface area contributed by atoms with Gasteiger partial charge < -0.3 is 24.2 Å². The molecular formula is C21H25ClN4O5. The Morgan fingerprint density at radius 3 is 2.65 bits per heavy atom. The molecule has 1 aromatic heterocycles. The van der Waals surface area contributed by atoms with Crippen LogP contribution in [0.1, 0.15) is 17.7 Å². The van der Waals surface area contributed by atoms with Crippen molar-refractivity contribution in [2.75, 3.05) is 51.3 Å². The van der Waals surface area contributed by atoms with Gasteiger partial charge in [-0.2, -0.15) is 0 Å². The molecule has 31 heavy (non-hydrogen) atoms. The minimum absolute atomic E-state index is 0.0210. The second-order valence-electron chi connectivity index (χ2n) is 7.66. The number of amides is 2. The van der Waals surface area contributed by atoms with Crippen LogP contribution in [-0.4, -0.2) is 72.7 Å². The summed E-state index contributed by atoms with van der Waals surface area (Å²) in [5.41, 5.74) is 0.795. The summed E-state index contributed by atoms with van der Waals surface area (Å²) in [7, 11) is 0. The Morgan fingerprint density at radius 2 is 1.90 bits per heavy atom. The molecule has 0 atom stereocenters. The molecule has 0 aliphatic carbocycles. The van der Waals surface area contributed by atoms with Gasteiger partial charge in [-0.1, -0.05) is 16.8 Å². The number of halogens is 1. The van der Waals surface area contributed by atoms with Crippen LogP contribution in [0.15, 0.2) is 22.7 Å². The molecule has 4 rings (SSSR count). The first-order chi connectivity index (χ1) is 15.0. The highest BCUT2D eigenvalue weighted by atomic mass is 35.5. The average Bonchev–Trinajstić information content (AvgIpc) is 2.99. The minimum Gasteiger partial charge on any atom is -0.489 e. The molecule has 0 bridgehead atoms. The number of hydrogen-bond donors (Lipinski definition) is 1. The number of fused-ring (bicyclic) bond motifs is 1. The summed E-state index contributed by atoms with van der Waals surface area (Å²) in [6.07, 6.45) is 1.03. The number of carbonyl (C=O) groups is 2. The molecule has 0 spiro atoms. The van der Waals surface area contributed by atoms with Crippen molar-refractivity contribution in [2.24, 2.45) is 0 Å². The number of nitrogens with one attached hydrogen (secondary N) is 1. The zero-order chi connectivity index (χ0) is 21.8. The Hall–Kier alpha value is -2.78. The third-order valence-corrected chi connectivity index (χ3v) is 5.49. The molecule has 2 amide bonds. The van der Waals surface area contributed by atoms with Gasteiger partial charge in [0.2, 0.25) is 11.8 Å². The molecule has 0 radical (unpaired) electrons. The second kappa shape index (κ2) is 9.57. The van der Waals surface area contributed by atoms with Gasteiger partial charge in [0.25, 0.3) is 0 Å². The van der Waals surface area contributed by atoms with Crippen molar-refractivity contribution in [1.82, 2.24) is 15.0 Å². The third kappa shape index (κ3) is 5.48. The molecule has 0 saturated carbocycles. The highest BCUT2D eigenvalue weighted by Gasteiger charge is 2.24. The van der Waals surface area contributed by atoms with Gasteiger partial charge in [-0.05, 0) is 24.6 Å². The second-order valence-corrected chi connectivity index (χ2v) is 8.07. The van der Waals surface area contributed by atoms with E-state index in [-0.39, 0.29) is 24.8 Å². The predicted molar refractivity (Wildman–Crippen MR) is 114 cm³/mol. The Kier molecular flexibility index (Phi) is 6.62. The largest absolute Gasteiger partial charge is 0.489 e. The van der Waals surface area contributed by atoms with Gasteiger partial charge in [-0.3, -0.25) is 14.5 Å². The Bertz CT molecular complexity index is 955. The van der Waals surface area contributed by atoms with Crippen molar-refractivity contribution in [1.29, 1.82) is 0 Å². The lowest BCUT2D eigenvalue weighted by molar-refractivity contribution is -0.132. The minimum atomic E-state index is -0.157. The first-order valence-corrected chi connectivity index (χ1v) is 10.7. The van der Waals surface area contributed by atoms with Crippen molar-refractivity contribution >= 4 is 29.2 Å². The van der Waals surface area contributed by atoms with Gasteiger partial charge in [0.1, 0.15) is 5.76 Å². The molecule has 2 aliphatic rings. The lowest BCUT2D eigenvalue weighted by Crippen LogP contribution is -2.50. The monoisotopic (exact) mass is 448 g/mol. The molecule has 2 aromatic rings. The van der Waals surface area contributed by atoms with Crippen molar-refractivity contribution in [3.05, 3.63) is 34.5 Å². The maximum absolute atomic E-state index is 12.8. The van der Waals surface area contributed by atoms with E-state index in [0.717, 1.165) is 12.0 Å². The van der Waals surface area contributed by atoms with E-state index in [9.17, 15) is 9.59 Å². The number of hydrogen-bond acceptors (Lipinski definition) is 7. The molecule has 1 aromatic carbocycles. The zero-order valence-electron chi connectivity index (χ0n) is 17.4. The van der Waals surface area contributed by atoms with Crippen molar-refractivity contribution in [3.8, 4) is 11.5 Å². The number of piperazine rings is 1. The Balaban J connectivity index is 1.27. The quantitative estimate of drug-likeness (QED) is 0.748. The summed E-state index contributed by atoms with van der Waals surface area (Å²) in [6, 6.07) is 5.26. The number of anilines is 1. The van der Waals surface area contributed by atoms with Crippen molar-refractivity contribution in [2.45, 2.75) is 19.8 Å². The molecule has 9 nitrogen and oxygen atoms in total. The lowest BCUT2D eigenvalue weighted by atomic mass is 10.1. The molecule has 2 aliphatic heterocycles. The van der Waals surface area contributed by atoms with Crippen LogP contribution in [0.2, 0.25) is 5.02 Å². The molecule has 10 heteroatoms. The zero-order valence-corrected chi connectivity index (χ0v) is 18.1. The van der Waals surface area contributed by atoms with Crippen LogP contribution < -0.4 is 14.8 Å². The summed E-state index contributed by atoms with van der Waals surface area (Å²) in [6.45, 7) is 5.50. The van der Waals surface area contributed by atoms with E-state index in [1.807, 2.05) is 15.9 Å². The molecule has 166 valence electrons. The summed E-state index contributed by atoms with van der Waals surface area (Å²) in [4.78, 5) is 28.8. The fourth-order valence-corrected chi connectivity index (χ4v) is 3.93. The summed E-state index contributed by atoms with van der Waals surface area (Å²) in [5, 5.41) is 6.93. The number of aryl methyl sites for hydroxylation is 1. The SMILES string of the molecule is Cc1cc(NC(=O)CN2CCN(C(=O)Cc3cc(Cl)c4c(c3)OCCCO4)CC2)no1. The first-order valence-electron chi connectivity index (χ1n) is 10.3. The summed E-state index contributed by atoms with van der Waals surface area (Å²) in [5.74, 6) is 2.04. The molecule has 1 saturated heterocycles. The Labute approximate surface area is 185 Å². The third-order valence-electron chi connectivity index (χ3n) is 5.20. The van der Waals surface area contributed by atoms with E-state index in [1.54, 1.807) is 19.1 Å². The maximum atomic E-state index is 12.8. The van der Waals surface area contributed by atoms with Crippen LogP contribution in [0.25, 0.3) is 0 Å². The predicted octanol–water partition coefficient (Wildman–Crippen LogP) is 2.12.